The van der Waals surface area contributed by atoms with Crippen molar-refractivity contribution in [3.63, 3.8) is 0 Å². The van der Waals surface area contributed by atoms with Crippen LogP contribution in [-0.2, 0) is 18.0 Å². The fourth-order valence-electron chi connectivity index (χ4n) is 3.01. The van der Waals surface area contributed by atoms with Crippen LogP contribution in [0, 0.1) is 10.1 Å². The lowest BCUT2D eigenvalue weighted by Crippen LogP contribution is -2.06. The number of carbonyl (C=O) groups is 1. The lowest BCUT2D eigenvalue weighted by atomic mass is 10.2. The van der Waals surface area contributed by atoms with Crippen LogP contribution < -0.4 is 9.47 Å². The molecule has 0 fully saturated rings. The van der Waals surface area contributed by atoms with E-state index in [1.165, 1.54) is 37.4 Å². The summed E-state index contributed by atoms with van der Waals surface area (Å²) in [7, 11) is 1.48. The van der Waals surface area contributed by atoms with Crippen molar-refractivity contribution >= 4 is 11.7 Å². The number of ether oxygens (including phenoxy) is 3. The van der Waals surface area contributed by atoms with Gasteiger partial charge in [0.05, 0.1) is 17.6 Å². The van der Waals surface area contributed by atoms with Gasteiger partial charge >= 0.3 is 5.97 Å². The maximum Gasteiger partial charge on any atom is 0.338 e. The Bertz CT molecular complexity index is 1290. The van der Waals surface area contributed by atoms with Gasteiger partial charge in [0.1, 0.15) is 6.61 Å². The summed E-state index contributed by atoms with van der Waals surface area (Å²) in [6, 6.07) is 20.1. The average molecular weight is 461 g/mol. The lowest BCUT2D eigenvalue weighted by Gasteiger charge is -2.12. The first kappa shape index (κ1) is 22.5. The topological polar surface area (TPSA) is 127 Å². The van der Waals surface area contributed by atoms with E-state index in [0.29, 0.717) is 23.7 Å². The Balaban J connectivity index is 1.37. The van der Waals surface area contributed by atoms with Crippen LogP contribution in [0.3, 0.4) is 0 Å². The van der Waals surface area contributed by atoms with Gasteiger partial charge < -0.3 is 18.6 Å². The van der Waals surface area contributed by atoms with E-state index >= 15 is 0 Å². The second-order valence-corrected chi connectivity index (χ2v) is 7.02. The minimum absolute atomic E-state index is 0.0515. The zero-order valence-electron chi connectivity index (χ0n) is 18.0. The van der Waals surface area contributed by atoms with E-state index in [0.717, 1.165) is 5.56 Å². The highest BCUT2D eigenvalue weighted by Crippen LogP contribution is 2.29. The summed E-state index contributed by atoms with van der Waals surface area (Å²) in [6.07, 6.45) is 0. The van der Waals surface area contributed by atoms with Crippen LogP contribution in [0.1, 0.15) is 21.8 Å². The van der Waals surface area contributed by atoms with E-state index in [9.17, 15) is 14.9 Å². The molecule has 172 valence electrons. The van der Waals surface area contributed by atoms with E-state index in [2.05, 4.69) is 10.2 Å². The second-order valence-electron chi connectivity index (χ2n) is 7.02. The van der Waals surface area contributed by atoms with Crippen LogP contribution in [-0.4, -0.2) is 28.2 Å². The molecule has 0 aliphatic heterocycles. The molecular weight excluding hydrogens is 442 g/mol. The molecule has 0 N–H and O–H groups in total. The largest absolute Gasteiger partial charge is 0.493 e. The molecule has 0 radical (unpaired) electrons. The van der Waals surface area contributed by atoms with Crippen LogP contribution in [0.2, 0.25) is 0 Å². The predicted molar refractivity (Wildman–Crippen MR) is 119 cm³/mol. The Kier molecular flexibility index (Phi) is 6.78. The summed E-state index contributed by atoms with van der Waals surface area (Å²) < 4.78 is 21.9. The molecule has 34 heavy (non-hydrogen) atoms. The second kappa shape index (κ2) is 10.3. The Labute approximate surface area is 193 Å². The Morgan fingerprint density at radius 1 is 0.971 bits per heavy atom. The molecule has 0 saturated carbocycles. The number of hydrogen-bond donors (Lipinski definition) is 0. The number of hydrogen-bond acceptors (Lipinski definition) is 9. The molecule has 0 atom stereocenters. The van der Waals surface area contributed by atoms with Gasteiger partial charge in [-0.1, -0.05) is 30.3 Å². The Morgan fingerprint density at radius 2 is 1.74 bits per heavy atom. The quantitative estimate of drug-likeness (QED) is 0.200. The molecule has 0 saturated heterocycles. The van der Waals surface area contributed by atoms with Crippen LogP contribution in [0.15, 0.2) is 77.2 Å². The van der Waals surface area contributed by atoms with E-state index in [1.807, 2.05) is 30.3 Å². The van der Waals surface area contributed by atoms with Crippen molar-refractivity contribution in [2.75, 3.05) is 7.11 Å². The minimum Gasteiger partial charge on any atom is -0.493 e. The summed E-state index contributed by atoms with van der Waals surface area (Å²) in [5.74, 6) is 0.512. The van der Waals surface area contributed by atoms with E-state index in [1.54, 1.807) is 12.1 Å². The molecule has 3 aromatic carbocycles. The van der Waals surface area contributed by atoms with Gasteiger partial charge in [-0.25, -0.2) is 4.79 Å². The summed E-state index contributed by atoms with van der Waals surface area (Å²) in [4.78, 5) is 22.7. The fraction of sp³-hybridized carbons (Fsp3) is 0.125. The first-order valence-corrected chi connectivity index (χ1v) is 10.1. The number of nitrogens with zero attached hydrogens (tertiary/aromatic N) is 3. The molecule has 1 heterocycles. The van der Waals surface area contributed by atoms with E-state index < -0.39 is 10.9 Å². The molecule has 0 amide bonds. The monoisotopic (exact) mass is 461 g/mol. The third-order valence-electron chi connectivity index (χ3n) is 4.76. The molecule has 0 aliphatic carbocycles. The Hall–Kier alpha value is -4.73. The third-order valence-corrected chi connectivity index (χ3v) is 4.76. The number of rotatable bonds is 9. The van der Waals surface area contributed by atoms with Crippen molar-refractivity contribution in [2.45, 2.75) is 13.2 Å². The highest BCUT2D eigenvalue weighted by molar-refractivity contribution is 5.90. The maximum atomic E-state index is 12.5. The van der Waals surface area contributed by atoms with Gasteiger partial charge in [0, 0.05) is 17.7 Å². The van der Waals surface area contributed by atoms with Crippen molar-refractivity contribution in [3.8, 4) is 23.0 Å². The summed E-state index contributed by atoms with van der Waals surface area (Å²) in [5, 5.41) is 18.5. The number of nitro groups is 1. The van der Waals surface area contributed by atoms with E-state index in [4.69, 9.17) is 18.6 Å². The van der Waals surface area contributed by atoms with Crippen molar-refractivity contribution in [1.82, 2.24) is 10.2 Å². The molecule has 0 bridgehead atoms. The number of benzene rings is 3. The molecule has 4 rings (SSSR count). The van der Waals surface area contributed by atoms with Gasteiger partial charge in [0.15, 0.2) is 18.1 Å². The van der Waals surface area contributed by atoms with Gasteiger partial charge in [-0.3, -0.25) is 10.1 Å². The first-order chi connectivity index (χ1) is 16.5. The van der Waals surface area contributed by atoms with Crippen LogP contribution in [0.5, 0.6) is 11.5 Å². The molecule has 10 nitrogen and oxygen atoms in total. The van der Waals surface area contributed by atoms with Gasteiger partial charge in [-0.2, -0.15) is 0 Å². The number of methoxy groups -OCH3 is 1. The number of nitro benzene ring substituents is 1. The smallest absolute Gasteiger partial charge is 0.338 e. The number of non-ortho nitro benzene ring substituents is 1. The predicted octanol–water partition coefficient (Wildman–Crippen LogP) is 4.59. The normalized spacial score (nSPS) is 10.5. The molecule has 10 heteroatoms. The molecule has 0 spiro atoms. The van der Waals surface area contributed by atoms with Crippen molar-refractivity contribution in [1.29, 1.82) is 0 Å². The van der Waals surface area contributed by atoms with Crippen molar-refractivity contribution in [2.24, 2.45) is 0 Å². The SMILES string of the molecule is COc1cc(C(=O)OCc2nnc(-c3ccc([N+](=O)[O-])cc3)o2)ccc1OCc1ccccc1. The molecule has 1 aromatic heterocycles. The number of carbonyl (C=O) groups excluding carboxylic acids is 1. The van der Waals surface area contributed by atoms with Gasteiger partial charge in [-0.15, -0.1) is 10.2 Å². The summed E-state index contributed by atoms with van der Waals surface area (Å²) in [5.41, 5.74) is 1.72. The zero-order valence-corrected chi connectivity index (χ0v) is 18.0. The molecule has 0 unspecified atom stereocenters. The molecule has 0 aliphatic rings. The van der Waals surface area contributed by atoms with Gasteiger partial charge in [0.25, 0.3) is 11.6 Å². The average Bonchev–Trinajstić information content (AvgIpc) is 3.35. The van der Waals surface area contributed by atoms with Crippen molar-refractivity contribution < 1.29 is 28.3 Å². The zero-order chi connectivity index (χ0) is 23.9. The molecular formula is C24H19N3O7. The maximum absolute atomic E-state index is 12.5. The lowest BCUT2D eigenvalue weighted by molar-refractivity contribution is -0.384. The first-order valence-electron chi connectivity index (χ1n) is 10.1. The summed E-state index contributed by atoms with van der Waals surface area (Å²) in [6.45, 7) is 0.114. The van der Waals surface area contributed by atoms with Crippen LogP contribution in [0.4, 0.5) is 5.69 Å². The highest BCUT2D eigenvalue weighted by atomic mass is 16.6. The van der Waals surface area contributed by atoms with Crippen molar-refractivity contribution in [3.05, 3.63) is 99.9 Å². The van der Waals surface area contributed by atoms with Gasteiger partial charge in [0.2, 0.25) is 5.89 Å². The standard InChI is InChI=1S/C24H19N3O7/c1-31-21-13-18(9-12-20(21)32-14-16-5-3-2-4-6-16)24(28)33-15-22-25-26-23(34-22)17-7-10-19(11-8-17)27(29)30/h2-13H,14-15H2,1H3. The third kappa shape index (κ3) is 5.36. The van der Waals surface area contributed by atoms with Crippen LogP contribution >= 0.6 is 0 Å². The molecule has 4 aromatic rings. The van der Waals surface area contributed by atoms with E-state index in [-0.39, 0.29) is 29.6 Å². The van der Waals surface area contributed by atoms with Gasteiger partial charge in [-0.05, 0) is 35.9 Å². The number of aromatic nitrogens is 2. The number of esters is 1. The van der Waals surface area contributed by atoms with Crippen LogP contribution in [0.25, 0.3) is 11.5 Å². The highest BCUT2D eigenvalue weighted by Gasteiger charge is 2.16. The fourth-order valence-corrected chi connectivity index (χ4v) is 3.01. The summed E-state index contributed by atoms with van der Waals surface area (Å²) >= 11 is 0. The Morgan fingerprint density at radius 3 is 2.44 bits per heavy atom. The minimum atomic E-state index is -0.608.